The number of hydrogen-bond donors (Lipinski definition) is 0. The van der Waals surface area contributed by atoms with Crippen LogP contribution in [0.4, 0.5) is 0 Å². The molecule has 0 aliphatic carbocycles. The first kappa shape index (κ1) is 12.1. The average molecular weight is 252 g/mol. The van der Waals surface area contributed by atoms with Crippen LogP contribution in [0.3, 0.4) is 0 Å². The van der Waals surface area contributed by atoms with Crippen LogP contribution in [0.5, 0.6) is 0 Å². The van der Waals surface area contributed by atoms with E-state index in [-0.39, 0.29) is 6.10 Å². The summed E-state index contributed by atoms with van der Waals surface area (Å²) in [6, 6.07) is 9.84. The molecule has 4 nitrogen and oxygen atoms in total. The lowest BCUT2D eigenvalue weighted by molar-refractivity contribution is 0.103. The van der Waals surface area contributed by atoms with Gasteiger partial charge in [-0.15, -0.1) is 10.2 Å². The quantitative estimate of drug-likeness (QED) is 0.839. The van der Waals surface area contributed by atoms with E-state index in [1.807, 2.05) is 41.8 Å². The van der Waals surface area contributed by atoms with Crippen molar-refractivity contribution in [2.45, 2.75) is 19.6 Å². The highest BCUT2D eigenvalue weighted by atomic mass is 35.5. The first-order valence-electron chi connectivity index (χ1n) is 5.39. The molecule has 0 aliphatic rings. The van der Waals surface area contributed by atoms with Crippen molar-refractivity contribution in [3.05, 3.63) is 35.6 Å². The molecule has 0 saturated carbocycles. The fourth-order valence-corrected chi connectivity index (χ4v) is 1.77. The third kappa shape index (κ3) is 2.65. The first-order chi connectivity index (χ1) is 8.22. The Morgan fingerprint density at radius 2 is 2.00 bits per heavy atom. The Morgan fingerprint density at radius 1 is 1.29 bits per heavy atom. The third-order valence-electron chi connectivity index (χ3n) is 2.58. The maximum Gasteiger partial charge on any atom is 0.225 e. The van der Waals surface area contributed by atoms with Crippen LogP contribution >= 0.6 is 11.6 Å². The van der Waals surface area contributed by atoms with Crippen molar-refractivity contribution in [3.63, 3.8) is 0 Å². The summed E-state index contributed by atoms with van der Waals surface area (Å²) in [4.78, 5) is 0. The van der Waals surface area contributed by atoms with Gasteiger partial charge in [-0.2, -0.15) is 0 Å². The lowest BCUT2D eigenvalue weighted by Crippen LogP contribution is -2.15. The molecule has 0 aliphatic heterocycles. The standard InChI is InChI=1S/C12H14ClN3O/c1-9(17-2)8-16-11(14-15-12(16)13)10-6-4-3-5-7-10/h3-7,9H,8H2,1-2H3. The van der Waals surface area contributed by atoms with Gasteiger partial charge in [-0.05, 0) is 18.5 Å². The van der Waals surface area contributed by atoms with Gasteiger partial charge in [-0.1, -0.05) is 30.3 Å². The molecule has 90 valence electrons. The lowest BCUT2D eigenvalue weighted by atomic mass is 10.2. The number of rotatable bonds is 4. The van der Waals surface area contributed by atoms with E-state index < -0.39 is 0 Å². The van der Waals surface area contributed by atoms with Crippen LogP contribution in [0.25, 0.3) is 11.4 Å². The van der Waals surface area contributed by atoms with Gasteiger partial charge in [-0.3, -0.25) is 4.57 Å². The Hall–Kier alpha value is -1.39. The summed E-state index contributed by atoms with van der Waals surface area (Å²) in [6.45, 7) is 2.61. The number of hydrogen-bond acceptors (Lipinski definition) is 3. The molecule has 0 N–H and O–H groups in total. The molecule has 0 radical (unpaired) electrons. The van der Waals surface area contributed by atoms with Crippen molar-refractivity contribution in [1.82, 2.24) is 14.8 Å². The van der Waals surface area contributed by atoms with Crippen LogP contribution < -0.4 is 0 Å². The molecule has 2 aromatic rings. The zero-order chi connectivity index (χ0) is 12.3. The average Bonchev–Trinajstić information content (AvgIpc) is 2.72. The van der Waals surface area contributed by atoms with E-state index in [1.165, 1.54) is 0 Å². The van der Waals surface area contributed by atoms with Gasteiger partial charge in [0.15, 0.2) is 5.82 Å². The number of halogens is 1. The molecule has 1 atom stereocenters. The third-order valence-corrected chi connectivity index (χ3v) is 2.86. The zero-order valence-corrected chi connectivity index (χ0v) is 10.6. The predicted molar refractivity (Wildman–Crippen MR) is 66.9 cm³/mol. The second kappa shape index (κ2) is 5.29. The monoisotopic (exact) mass is 251 g/mol. The van der Waals surface area contributed by atoms with Gasteiger partial charge in [0, 0.05) is 12.7 Å². The van der Waals surface area contributed by atoms with Crippen LogP contribution in [0.2, 0.25) is 5.28 Å². The summed E-state index contributed by atoms with van der Waals surface area (Å²) in [5, 5.41) is 8.38. The van der Waals surface area contributed by atoms with Crippen LogP contribution in [-0.2, 0) is 11.3 Å². The topological polar surface area (TPSA) is 39.9 Å². The smallest absolute Gasteiger partial charge is 0.225 e. The normalized spacial score (nSPS) is 12.6. The van der Waals surface area contributed by atoms with Crippen molar-refractivity contribution < 1.29 is 4.74 Å². The van der Waals surface area contributed by atoms with E-state index in [9.17, 15) is 0 Å². The molecule has 1 unspecified atom stereocenters. The highest BCUT2D eigenvalue weighted by Crippen LogP contribution is 2.20. The van der Waals surface area contributed by atoms with Crippen molar-refractivity contribution >= 4 is 11.6 Å². The summed E-state index contributed by atoms with van der Waals surface area (Å²) in [5.41, 5.74) is 0.996. The van der Waals surface area contributed by atoms with Gasteiger partial charge in [0.1, 0.15) is 0 Å². The lowest BCUT2D eigenvalue weighted by Gasteiger charge is -2.12. The number of ether oxygens (including phenoxy) is 1. The second-order valence-corrected chi connectivity index (χ2v) is 4.15. The number of aromatic nitrogens is 3. The first-order valence-corrected chi connectivity index (χ1v) is 5.77. The van der Waals surface area contributed by atoms with Gasteiger partial charge in [0.05, 0.1) is 12.6 Å². The Kier molecular flexibility index (Phi) is 3.76. The number of benzene rings is 1. The van der Waals surface area contributed by atoms with Crippen molar-refractivity contribution in [2.24, 2.45) is 0 Å². The Bertz CT molecular complexity index is 484. The molecular formula is C12H14ClN3O. The molecule has 17 heavy (non-hydrogen) atoms. The van der Waals surface area contributed by atoms with Crippen LogP contribution in [0.15, 0.2) is 30.3 Å². The summed E-state index contributed by atoms with van der Waals surface area (Å²) in [6.07, 6.45) is 0.0611. The Labute approximate surface area is 105 Å². The predicted octanol–water partition coefficient (Wildman–Crippen LogP) is 2.63. The largest absolute Gasteiger partial charge is 0.380 e. The highest BCUT2D eigenvalue weighted by molar-refractivity contribution is 6.28. The highest BCUT2D eigenvalue weighted by Gasteiger charge is 2.14. The van der Waals surface area contributed by atoms with Crippen LogP contribution in [-0.4, -0.2) is 28.0 Å². The molecule has 2 rings (SSSR count). The van der Waals surface area contributed by atoms with Crippen LogP contribution in [0, 0.1) is 0 Å². The van der Waals surface area contributed by atoms with Crippen molar-refractivity contribution in [2.75, 3.05) is 7.11 Å². The summed E-state index contributed by atoms with van der Waals surface area (Å²) < 4.78 is 7.09. The van der Waals surface area contributed by atoms with E-state index in [4.69, 9.17) is 16.3 Å². The Morgan fingerprint density at radius 3 is 2.65 bits per heavy atom. The van der Waals surface area contributed by atoms with Gasteiger partial charge in [0.2, 0.25) is 5.28 Å². The molecular weight excluding hydrogens is 238 g/mol. The molecule has 0 saturated heterocycles. The van der Waals surface area contributed by atoms with Crippen LogP contribution in [0.1, 0.15) is 6.92 Å². The maximum absolute atomic E-state index is 6.03. The minimum atomic E-state index is 0.0611. The Balaban J connectivity index is 2.36. The molecule has 0 amide bonds. The van der Waals surface area contributed by atoms with Gasteiger partial charge in [0.25, 0.3) is 0 Å². The molecule has 0 fully saturated rings. The van der Waals surface area contributed by atoms with E-state index in [0.29, 0.717) is 11.8 Å². The van der Waals surface area contributed by atoms with Gasteiger partial charge < -0.3 is 4.74 Å². The summed E-state index contributed by atoms with van der Waals surface area (Å²) >= 11 is 6.03. The summed E-state index contributed by atoms with van der Waals surface area (Å²) in [5.74, 6) is 0.763. The summed E-state index contributed by atoms with van der Waals surface area (Å²) in [7, 11) is 1.67. The molecule has 1 aromatic heterocycles. The van der Waals surface area contributed by atoms with E-state index in [2.05, 4.69) is 10.2 Å². The van der Waals surface area contributed by atoms with Crippen molar-refractivity contribution in [1.29, 1.82) is 0 Å². The van der Waals surface area contributed by atoms with Gasteiger partial charge >= 0.3 is 0 Å². The van der Waals surface area contributed by atoms with Crippen molar-refractivity contribution in [3.8, 4) is 11.4 Å². The van der Waals surface area contributed by atoms with E-state index in [0.717, 1.165) is 11.4 Å². The fourth-order valence-electron chi connectivity index (χ4n) is 1.58. The SMILES string of the molecule is COC(C)Cn1c(Cl)nnc1-c1ccccc1. The van der Waals surface area contributed by atoms with E-state index in [1.54, 1.807) is 7.11 Å². The molecule has 0 bridgehead atoms. The minimum absolute atomic E-state index is 0.0611. The minimum Gasteiger partial charge on any atom is -0.380 e. The molecule has 5 heteroatoms. The zero-order valence-electron chi connectivity index (χ0n) is 9.80. The second-order valence-electron chi connectivity index (χ2n) is 3.82. The number of methoxy groups -OCH3 is 1. The van der Waals surface area contributed by atoms with E-state index >= 15 is 0 Å². The molecule has 0 spiro atoms. The molecule has 1 heterocycles. The number of nitrogens with zero attached hydrogens (tertiary/aromatic N) is 3. The fraction of sp³-hybridized carbons (Fsp3) is 0.333. The molecule has 1 aromatic carbocycles. The van der Waals surface area contributed by atoms with Gasteiger partial charge in [-0.25, -0.2) is 0 Å². The maximum atomic E-state index is 6.03.